The highest BCUT2D eigenvalue weighted by atomic mass is 32.2. The summed E-state index contributed by atoms with van der Waals surface area (Å²) in [5, 5.41) is 7.68. The molecule has 0 spiro atoms. The number of carbonyl (C=O) groups excluding carboxylic acids is 1. The number of hydrogen-bond donors (Lipinski definition) is 2. The minimum Gasteiger partial charge on any atom is -0.372 e. The van der Waals surface area contributed by atoms with Crippen LogP contribution in [-0.4, -0.2) is 66.7 Å². The highest BCUT2D eigenvalue weighted by Gasteiger charge is 2.27. The van der Waals surface area contributed by atoms with Gasteiger partial charge in [0.25, 0.3) is 5.91 Å². The lowest BCUT2D eigenvalue weighted by Gasteiger charge is -2.35. The summed E-state index contributed by atoms with van der Waals surface area (Å²) in [7, 11) is 1.81. The molecule has 2 fully saturated rings. The van der Waals surface area contributed by atoms with E-state index < -0.39 is 0 Å². The maximum atomic E-state index is 12.8. The van der Waals surface area contributed by atoms with Gasteiger partial charge in [0.15, 0.2) is 5.96 Å². The minimum absolute atomic E-state index is 0.0774. The summed E-state index contributed by atoms with van der Waals surface area (Å²) in [4.78, 5) is 19.0. The number of rotatable bonds is 5. The van der Waals surface area contributed by atoms with Crippen LogP contribution < -0.4 is 10.6 Å². The van der Waals surface area contributed by atoms with Crippen molar-refractivity contribution in [2.24, 2.45) is 4.99 Å². The first-order valence-corrected chi connectivity index (χ1v) is 11.8. The maximum absolute atomic E-state index is 12.8. The van der Waals surface area contributed by atoms with Crippen LogP contribution in [0.1, 0.15) is 49.0 Å². The Hall–Kier alpha value is -1.73. The summed E-state index contributed by atoms with van der Waals surface area (Å²) >= 11 is 1.96. The average Bonchev–Trinajstić information content (AvgIpc) is 3.18. The molecule has 7 heteroatoms. The maximum Gasteiger partial charge on any atom is 0.254 e. The first-order chi connectivity index (χ1) is 14.0. The van der Waals surface area contributed by atoms with Gasteiger partial charge < -0.3 is 20.3 Å². The fourth-order valence-electron chi connectivity index (χ4n) is 4.15. The van der Waals surface area contributed by atoms with Crippen molar-refractivity contribution in [2.75, 3.05) is 26.4 Å². The molecule has 6 nitrogen and oxygen atoms in total. The molecule has 0 bridgehead atoms. The van der Waals surface area contributed by atoms with Gasteiger partial charge in [0.05, 0.1) is 12.2 Å². The van der Waals surface area contributed by atoms with Gasteiger partial charge in [0.2, 0.25) is 0 Å². The summed E-state index contributed by atoms with van der Waals surface area (Å²) in [5.74, 6) is 0.918. The number of nitrogens with one attached hydrogen (secondary N) is 2. The van der Waals surface area contributed by atoms with E-state index in [4.69, 9.17) is 4.74 Å². The number of nitrogens with zero attached hydrogens (tertiary/aromatic N) is 2. The van der Waals surface area contributed by atoms with Crippen LogP contribution in [0.2, 0.25) is 0 Å². The van der Waals surface area contributed by atoms with E-state index in [2.05, 4.69) is 21.9 Å². The lowest BCUT2D eigenvalue weighted by atomic mass is 10.1. The molecule has 1 aliphatic carbocycles. The SMILES string of the molecule is CN=C(NCc1ccc(C(=O)N2CC(C)OC(C)C2)cc1)NC1CCC(SC)C1. The monoisotopic (exact) mass is 418 g/mol. The smallest absolute Gasteiger partial charge is 0.254 e. The average molecular weight is 419 g/mol. The van der Waals surface area contributed by atoms with Crippen LogP contribution in [0.3, 0.4) is 0 Å². The zero-order valence-electron chi connectivity index (χ0n) is 18.0. The normalized spacial score (nSPS) is 27.7. The fourth-order valence-corrected chi connectivity index (χ4v) is 4.95. The molecule has 0 radical (unpaired) electrons. The molecule has 1 saturated carbocycles. The highest BCUT2D eigenvalue weighted by Crippen LogP contribution is 2.28. The van der Waals surface area contributed by atoms with Crippen molar-refractivity contribution in [3.8, 4) is 0 Å². The number of thioether (sulfide) groups is 1. The van der Waals surface area contributed by atoms with Crippen LogP contribution in [0.15, 0.2) is 29.3 Å². The van der Waals surface area contributed by atoms with E-state index in [-0.39, 0.29) is 18.1 Å². The molecule has 4 atom stereocenters. The van der Waals surface area contributed by atoms with Gasteiger partial charge in [-0.2, -0.15) is 11.8 Å². The predicted octanol–water partition coefficient (Wildman–Crippen LogP) is 2.89. The lowest BCUT2D eigenvalue weighted by molar-refractivity contribution is -0.0586. The molecule has 1 aliphatic heterocycles. The molecule has 2 N–H and O–H groups in total. The standard InChI is InChI=1S/C22H34N4O2S/c1-15-13-26(14-16(2)28-15)21(27)18-7-5-17(6-8-18)12-24-22(23-3)25-19-9-10-20(11-19)29-4/h5-8,15-16,19-20H,9-14H2,1-4H3,(H2,23,24,25). The fraction of sp³-hybridized carbons (Fsp3) is 0.636. The third-order valence-electron chi connectivity index (χ3n) is 5.65. The van der Waals surface area contributed by atoms with E-state index in [9.17, 15) is 4.79 Å². The summed E-state index contributed by atoms with van der Waals surface area (Å²) < 4.78 is 5.73. The van der Waals surface area contributed by atoms with Crippen LogP contribution in [0.25, 0.3) is 0 Å². The molecule has 4 unspecified atom stereocenters. The third-order valence-corrected chi connectivity index (χ3v) is 6.74. The summed E-state index contributed by atoms with van der Waals surface area (Å²) in [5.41, 5.74) is 1.85. The van der Waals surface area contributed by atoms with Gasteiger partial charge in [-0.3, -0.25) is 9.79 Å². The van der Waals surface area contributed by atoms with E-state index in [1.807, 2.05) is 61.8 Å². The Kier molecular flexibility index (Phi) is 7.84. The van der Waals surface area contributed by atoms with Crippen molar-refractivity contribution >= 4 is 23.6 Å². The summed E-state index contributed by atoms with van der Waals surface area (Å²) in [6.07, 6.45) is 6.01. The van der Waals surface area contributed by atoms with Gasteiger partial charge in [0, 0.05) is 43.5 Å². The zero-order valence-corrected chi connectivity index (χ0v) is 18.8. The molecule has 1 aromatic carbocycles. The molecule has 29 heavy (non-hydrogen) atoms. The Morgan fingerprint density at radius 1 is 1.21 bits per heavy atom. The van der Waals surface area contributed by atoms with E-state index in [0.29, 0.717) is 25.7 Å². The Bertz CT molecular complexity index is 699. The quantitative estimate of drug-likeness (QED) is 0.569. The van der Waals surface area contributed by atoms with Gasteiger partial charge in [-0.15, -0.1) is 0 Å². The van der Waals surface area contributed by atoms with Gasteiger partial charge in [0.1, 0.15) is 0 Å². The van der Waals surface area contributed by atoms with E-state index in [1.165, 1.54) is 19.3 Å². The second-order valence-corrected chi connectivity index (χ2v) is 9.24. The zero-order chi connectivity index (χ0) is 20.8. The number of guanidine groups is 1. The van der Waals surface area contributed by atoms with Crippen LogP contribution in [0.4, 0.5) is 0 Å². The molecule has 1 heterocycles. The summed E-state index contributed by atoms with van der Waals surface area (Å²) in [6, 6.07) is 8.36. The Balaban J connectivity index is 1.50. The predicted molar refractivity (Wildman–Crippen MR) is 121 cm³/mol. The molecule has 3 rings (SSSR count). The Morgan fingerprint density at radius 2 is 1.90 bits per heavy atom. The van der Waals surface area contributed by atoms with Crippen LogP contribution in [0, 0.1) is 0 Å². The van der Waals surface area contributed by atoms with Crippen molar-refractivity contribution in [1.82, 2.24) is 15.5 Å². The molecule has 160 valence electrons. The molecule has 1 aromatic rings. The number of benzene rings is 1. The van der Waals surface area contributed by atoms with Gasteiger partial charge in [-0.25, -0.2) is 0 Å². The Morgan fingerprint density at radius 3 is 2.48 bits per heavy atom. The van der Waals surface area contributed by atoms with Crippen molar-refractivity contribution in [1.29, 1.82) is 0 Å². The largest absolute Gasteiger partial charge is 0.372 e. The van der Waals surface area contributed by atoms with E-state index in [1.54, 1.807) is 0 Å². The topological polar surface area (TPSA) is 66.0 Å². The molecule has 0 aromatic heterocycles. The highest BCUT2D eigenvalue weighted by molar-refractivity contribution is 7.99. The van der Waals surface area contributed by atoms with E-state index in [0.717, 1.165) is 22.3 Å². The number of morpholine rings is 1. The number of ether oxygens (including phenoxy) is 1. The van der Waals surface area contributed by atoms with Crippen LogP contribution in [0.5, 0.6) is 0 Å². The molecular weight excluding hydrogens is 384 g/mol. The second kappa shape index (κ2) is 10.3. The summed E-state index contributed by atoms with van der Waals surface area (Å²) in [6.45, 7) is 6.00. The van der Waals surface area contributed by atoms with Crippen molar-refractivity contribution < 1.29 is 9.53 Å². The molecule has 2 aliphatic rings. The van der Waals surface area contributed by atoms with Crippen LogP contribution in [-0.2, 0) is 11.3 Å². The first-order valence-electron chi connectivity index (χ1n) is 10.5. The van der Waals surface area contributed by atoms with E-state index >= 15 is 0 Å². The second-order valence-electron chi connectivity index (χ2n) is 8.10. The van der Waals surface area contributed by atoms with Crippen molar-refractivity contribution in [3.05, 3.63) is 35.4 Å². The van der Waals surface area contributed by atoms with Crippen molar-refractivity contribution in [2.45, 2.75) is 63.2 Å². The Labute approximate surface area is 178 Å². The molecule has 1 saturated heterocycles. The lowest BCUT2D eigenvalue weighted by Crippen LogP contribution is -2.48. The number of aliphatic imine (C=N–C) groups is 1. The number of amides is 1. The molecule has 1 amide bonds. The number of hydrogen-bond acceptors (Lipinski definition) is 4. The van der Waals surface area contributed by atoms with Crippen LogP contribution >= 0.6 is 11.8 Å². The third kappa shape index (κ3) is 6.12. The first kappa shape index (κ1) is 22.0. The molecular formula is C22H34N4O2S. The minimum atomic E-state index is 0.0774. The van der Waals surface area contributed by atoms with Crippen molar-refractivity contribution in [3.63, 3.8) is 0 Å². The van der Waals surface area contributed by atoms with Gasteiger partial charge >= 0.3 is 0 Å². The van der Waals surface area contributed by atoms with Gasteiger partial charge in [-0.1, -0.05) is 12.1 Å². The number of carbonyl (C=O) groups is 1. The van der Waals surface area contributed by atoms with Gasteiger partial charge in [-0.05, 0) is 57.1 Å².